The Morgan fingerprint density at radius 3 is 2.53 bits per heavy atom. The third-order valence-electron chi connectivity index (χ3n) is 2.85. The summed E-state index contributed by atoms with van der Waals surface area (Å²) in [6.45, 7) is 0. The lowest BCUT2D eigenvalue weighted by Gasteiger charge is -2.06. The number of aromatic nitrogens is 1. The molecule has 3 nitrogen and oxygen atoms in total. The first-order chi connectivity index (χ1) is 8.43. The zero-order valence-corrected chi connectivity index (χ0v) is 9.28. The molecule has 0 aliphatic carbocycles. The zero-order valence-electron chi connectivity index (χ0n) is 9.28. The minimum Gasteiger partial charge on any atom is -0.387 e. The summed E-state index contributed by atoms with van der Waals surface area (Å²) in [5.74, 6) is 0. The average molecular weight is 224 g/mol. The van der Waals surface area contributed by atoms with Gasteiger partial charge in [-0.3, -0.25) is 4.98 Å². The van der Waals surface area contributed by atoms with Gasteiger partial charge in [0.05, 0.1) is 5.71 Å². The zero-order chi connectivity index (χ0) is 11.5. The van der Waals surface area contributed by atoms with Crippen molar-refractivity contribution in [3.05, 3.63) is 66.0 Å². The summed E-state index contributed by atoms with van der Waals surface area (Å²) >= 11 is 0. The van der Waals surface area contributed by atoms with Crippen LogP contribution in [0.4, 0.5) is 0 Å². The molecule has 84 valence electrons. The Hall–Kier alpha value is -2.16. The van der Waals surface area contributed by atoms with Crippen molar-refractivity contribution in [2.24, 2.45) is 5.16 Å². The summed E-state index contributed by atoms with van der Waals surface area (Å²) in [5.41, 5.74) is 3.26. The number of rotatable bonds is 2. The SMILES string of the molecule is c1ccc(C2=NOC(c3ccncc3)C2)cc1. The standard InChI is InChI=1S/C14H12N2O/c1-2-4-11(5-3-1)13-10-14(17-16-13)12-6-8-15-9-7-12/h1-9,14H,10H2. The van der Waals surface area contributed by atoms with Gasteiger partial charge in [0.15, 0.2) is 6.10 Å². The topological polar surface area (TPSA) is 34.5 Å². The van der Waals surface area contributed by atoms with Crippen molar-refractivity contribution in [1.82, 2.24) is 4.98 Å². The molecule has 1 unspecified atom stereocenters. The van der Waals surface area contributed by atoms with Crippen LogP contribution in [0.5, 0.6) is 0 Å². The van der Waals surface area contributed by atoms with Crippen LogP contribution in [0.15, 0.2) is 60.0 Å². The van der Waals surface area contributed by atoms with E-state index < -0.39 is 0 Å². The molecule has 3 rings (SSSR count). The van der Waals surface area contributed by atoms with Crippen LogP contribution in [-0.2, 0) is 4.84 Å². The smallest absolute Gasteiger partial charge is 0.158 e. The minimum atomic E-state index is 0.0215. The average Bonchev–Trinajstić information content (AvgIpc) is 2.90. The normalized spacial score (nSPS) is 18.6. The highest BCUT2D eigenvalue weighted by Gasteiger charge is 2.23. The molecule has 2 aromatic rings. The van der Waals surface area contributed by atoms with Gasteiger partial charge >= 0.3 is 0 Å². The molecule has 0 N–H and O–H groups in total. The third kappa shape index (κ3) is 2.04. The van der Waals surface area contributed by atoms with Crippen molar-refractivity contribution in [3.63, 3.8) is 0 Å². The number of oxime groups is 1. The Kier molecular flexibility index (Phi) is 2.58. The van der Waals surface area contributed by atoms with E-state index >= 15 is 0 Å². The van der Waals surface area contributed by atoms with Crippen LogP contribution in [-0.4, -0.2) is 10.7 Å². The van der Waals surface area contributed by atoms with Crippen molar-refractivity contribution < 1.29 is 4.84 Å². The van der Waals surface area contributed by atoms with Crippen molar-refractivity contribution in [1.29, 1.82) is 0 Å². The fourth-order valence-corrected chi connectivity index (χ4v) is 1.94. The maximum atomic E-state index is 5.47. The van der Waals surface area contributed by atoms with Crippen LogP contribution in [0, 0.1) is 0 Å². The summed E-state index contributed by atoms with van der Waals surface area (Å²) in [4.78, 5) is 9.47. The Labute approximate surface area is 99.8 Å². The van der Waals surface area contributed by atoms with Crippen molar-refractivity contribution in [2.75, 3.05) is 0 Å². The highest BCUT2D eigenvalue weighted by Crippen LogP contribution is 2.28. The first-order valence-electron chi connectivity index (χ1n) is 5.61. The molecular formula is C14H12N2O. The molecule has 0 amide bonds. The summed E-state index contributed by atoms with van der Waals surface area (Å²) in [6.07, 6.45) is 4.39. The molecule has 1 aromatic heterocycles. The van der Waals surface area contributed by atoms with Crippen molar-refractivity contribution in [2.45, 2.75) is 12.5 Å². The molecule has 1 atom stereocenters. The van der Waals surface area contributed by atoms with E-state index in [1.165, 1.54) is 0 Å². The summed E-state index contributed by atoms with van der Waals surface area (Å²) in [7, 11) is 0. The lowest BCUT2D eigenvalue weighted by molar-refractivity contribution is 0.0857. The van der Waals surface area contributed by atoms with Crippen LogP contribution in [0.1, 0.15) is 23.7 Å². The first kappa shape index (κ1) is 10.0. The number of pyridine rings is 1. The number of benzene rings is 1. The van der Waals surface area contributed by atoms with Gasteiger partial charge in [0.1, 0.15) is 0 Å². The fourth-order valence-electron chi connectivity index (χ4n) is 1.94. The van der Waals surface area contributed by atoms with Gasteiger partial charge in [-0.15, -0.1) is 0 Å². The monoisotopic (exact) mass is 224 g/mol. The number of hydrogen-bond donors (Lipinski definition) is 0. The van der Waals surface area contributed by atoms with Gasteiger partial charge in [-0.25, -0.2) is 0 Å². The number of hydrogen-bond acceptors (Lipinski definition) is 3. The predicted octanol–water partition coefficient (Wildman–Crippen LogP) is 2.95. The maximum absolute atomic E-state index is 5.47. The van der Waals surface area contributed by atoms with Crippen LogP contribution in [0.25, 0.3) is 0 Å². The van der Waals surface area contributed by atoms with Crippen LogP contribution < -0.4 is 0 Å². The Morgan fingerprint density at radius 2 is 1.76 bits per heavy atom. The fraction of sp³-hybridized carbons (Fsp3) is 0.143. The van der Waals surface area contributed by atoms with Crippen molar-refractivity contribution in [3.8, 4) is 0 Å². The van der Waals surface area contributed by atoms with Gasteiger partial charge in [-0.2, -0.15) is 0 Å². The summed E-state index contributed by atoms with van der Waals surface area (Å²) in [6, 6.07) is 14.1. The maximum Gasteiger partial charge on any atom is 0.158 e. The largest absolute Gasteiger partial charge is 0.387 e. The van der Waals surface area contributed by atoms with Crippen LogP contribution >= 0.6 is 0 Å². The van der Waals surface area contributed by atoms with Gasteiger partial charge in [0.25, 0.3) is 0 Å². The molecule has 0 fully saturated rings. The molecule has 3 heteroatoms. The molecule has 0 saturated carbocycles. The molecule has 0 spiro atoms. The summed E-state index contributed by atoms with van der Waals surface area (Å²) < 4.78 is 0. The second-order valence-electron chi connectivity index (χ2n) is 3.98. The Bertz CT molecular complexity index is 522. The molecule has 17 heavy (non-hydrogen) atoms. The van der Waals surface area contributed by atoms with Gasteiger partial charge < -0.3 is 4.84 Å². The molecule has 1 aliphatic heterocycles. The van der Waals surface area contributed by atoms with E-state index in [9.17, 15) is 0 Å². The van der Waals surface area contributed by atoms with Gasteiger partial charge in [-0.1, -0.05) is 35.5 Å². The highest BCUT2D eigenvalue weighted by molar-refractivity contribution is 6.01. The van der Waals surface area contributed by atoms with E-state index in [2.05, 4.69) is 22.3 Å². The summed E-state index contributed by atoms with van der Waals surface area (Å²) in [5, 5.41) is 4.16. The molecule has 1 aromatic carbocycles. The van der Waals surface area contributed by atoms with Gasteiger partial charge in [-0.05, 0) is 23.3 Å². The van der Waals surface area contributed by atoms with E-state index in [1.54, 1.807) is 12.4 Å². The predicted molar refractivity (Wildman–Crippen MR) is 65.7 cm³/mol. The molecule has 0 saturated heterocycles. The van der Waals surface area contributed by atoms with Crippen molar-refractivity contribution >= 4 is 5.71 Å². The van der Waals surface area contributed by atoms with E-state index in [-0.39, 0.29) is 6.10 Å². The van der Waals surface area contributed by atoms with Crippen LogP contribution in [0.3, 0.4) is 0 Å². The van der Waals surface area contributed by atoms with E-state index in [4.69, 9.17) is 4.84 Å². The lowest BCUT2D eigenvalue weighted by atomic mass is 10.0. The van der Waals surface area contributed by atoms with E-state index in [1.807, 2.05) is 30.3 Å². The minimum absolute atomic E-state index is 0.0215. The number of nitrogens with zero attached hydrogens (tertiary/aromatic N) is 2. The molecular weight excluding hydrogens is 212 g/mol. The molecule has 0 bridgehead atoms. The Morgan fingerprint density at radius 1 is 1.00 bits per heavy atom. The van der Waals surface area contributed by atoms with Gasteiger partial charge in [0, 0.05) is 18.8 Å². The third-order valence-corrected chi connectivity index (χ3v) is 2.85. The first-order valence-corrected chi connectivity index (χ1v) is 5.61. The highest BCUT2D eigenvalue weighted by atomic mass is 16.6. The Balaban J connectivity index is 1.78. The van der Waals surface area contributed by atoms with Gasteiger partial charge in [0.2, 0.25) is 0 Å². The van der Waals surface area contributed by atoms with E-state index in [0.717, 1.165) is 23.3 Å². The second-order valence-corrected chi connectivity index (χ2v) is 3.98. The molecule has 0 radical (unpaired) electrons. The molecule has 1 aliphatic rings. The quantitative estimate of drug-likeness (QED) is 0.786. The van der Waals surface area contributed by atoms with E-state index in [0.29, 0.717) is 0 Å². The van der Waals surface area contributed by atoms with Crippen LogP contribution in [0.2, 0.25) is 0 Å². The lowest BCUT2D eigenvalue weighted by Crippen LogP contribution is -2.01. The second kappa shape index (κ2) is 4.37. The molecule has 2 heterocycles.